The van der Waals surface area contributed by atoms with Gasteiger partial charge in [-0.15, -0.1) is 0 Å². The fourth-order valence-corrected chi connectivity index (χ4v) is 2.50. The van der Waals surface area contributed by atoms with Crippen molar-refractivity contribution in [1.82, 2.24) is 0 Å². The summed E-state index contributed by atoms with van der Waals surface area (Å²) in [7, 11) is 0. The van der Waals surface area contributed by atoms with Gasteiger partial charge in [0.1, 0.15) is 18.2 Å². The summed E-state index contributed by atoms with van der Waals surface area (Å²) in [4.78, 5) is 0. The normalized spacial score (nSPS) is 13.0. The molecule has 0 saturated carbocycles. The zero-order chi connectivity index (χ0) is 13.4. The lowest BCUT2D eigenvalue weighted by atomic mass is 9.99. The third-order valence-corrected chi connectivity index (χ3v) is 3.49. The van der Waals surface area contributed by atoms with Gasteiger partial charge in [-0.05, 0) is 36.4 Å². The highest BCUT2D eigenvalue weighted by Gasteiger charge is 2.17. The average molecular weight is 295 g/mol. The van der Waals surface area contributed by atoms with Crippen molar-refractivity contribution in [3.8, 4) is 16.9 Å². The lowest BCUT2D eigenvalue weighted by Gasteiger charge is -2.18. The maximum absolute atomic E-state index is 13.7. The molecule has 0 amide bonds. The lowest BCUT2D eigenvalue weighted by molar-refractivity contribution is 0.359. The number of rotatable bonds is 1. The van der Waals surface area contributed by atoms with E-state index in [4.69, 9.17) is 27.9 Å². The first-order valence-corrected chi connectivity index (χ1v) is 6.49. The van der Waals surface area contributed by atoms with E-state index in [2.05, 4.69) is 0 Å². The Hall–Kier alpha value is -1.51. The summed E-state index contributed by atoms with van der Waals surface area (Å²) in [6.07, 6.45) is 3.68. The van der Waals surface area contributed by atoms with Gasteiger partial charge in [0.15, 0.2) is 0 Å². The molecule has 0 aromatic heterocycles. The predicted octanol–water partition coefficient (Wildman–Crippen LogP) is 5.21. The first-order chi connectivity index (χ1) is 9.15. The Kier molecular flexibility index (Phi) is 3.21. The minimum Gasteiger partial charge on any atom is -0.488 e. The largest absolute Gasteiger partial charge is 0.488 e. The number of benzene rings is 2. The number of hydrogen-bond donors (Lipinski definition) is 0. The average Bonchev–Trinajstić information content (AvgIpc) is 2.40. The molecule has 0 aliphatic carbocycles. The molecule has 19 heavy (non-hydrogen) atoms. The van der Waals surface area contributed by atoms with Crippen LogP contribution in [-0.2, 0) is 0 Å². The van der Waals surface area contributed by atoms with E-state index in [0.717, 1.165) is 0 Å². The molecule has 0 unspecified atom stereocenters. The van der Waals surface area contributed by atoms with Gasteiger partial charge in [-0.3, -0.25) is 0 Å². The Balaban J connectivity index is 2.28. The van der Waals surface area contributed by atoms with Crippen LogP contribution in [0.4, 0.5) is 4.39 Å². The van der Waals surface area contributed by atoms with Crippen molar-refractivity contribution in [2.24, 2.45) is 0 Å². The molecule has 4 heteroatoms. The molecule has 96 valence electrons. The zero-order valence-electron chi connectivity index (χ0n) is 9.79. The molecule has 3 rings (SSSR count). The number of hydrogen-bond acceptors (Lipinski definition) is 1. The summed E-state index contributed by atoms with van der Waals surface area (Å²) in [6, 6.07) is 7.94. The van der Waals surface area contributed by atoms with Gasteiger partial charge >= 0.3 is 0 Å². The molecule has 0 fully saturated rings. The van der Waals surface area contributed by atoms with Crippen molar-refractivity contribution in [3.05, 3.63) is 57.8 Å². The van der Waals surface area contributed by atoms with E-state index < -0.39 is 0 Å². The molecule has 1 aliphatic rings. The molecule has 2 aromatic rings. The van der Waals surface area contributed by atoms with E-state index in [1.165, 1.54) is 12.1 Å². The van der Waals surface area contributed by atoms with Crippen molar-refractivity contribution in [2.45, 2.75) is 0 Å². The topological polar surface area (TPSA) is 9.23 Å². The number of fused-ring (bicyclic) bond motifs is 1. The molecule has 0 spiro atoms. The molecule has 0 atom stereocenters. The summed E-state index contributed by atoms with van der Waals surface area (Å²) >= 11 is 12.2. The van der Waals surface area contributed by atoms with Gasteiger partial charge in [-0.1, -0.05) is 29.3 Å². The molecule has 0 N–H and O–H groups in total. The second-order valence-corrected chi connectivity index (χ2v) is 5.05. The highest BCUT2D eigenvalue weighted by molar-refractivity contribution is 6.35. The minimum atomic E-state index is -0.333. The highest BCUT2D eigenvalue weighted by Crippen LogP contribution is 2.40. The third-order valence-electron chi connectivity index (χ3n) is 2.92. The standard InChI is InChI=1S/C15H9Cl2FO/c16-10-3-4-14(17)12(7-10)13-8-11(18)6-9-2-1-5-19-15(9)13/h1-4,6-8H,5H2. The fourth-order valence-electron chi connectivity index (χ4n) is 2.11. The quantitative estimate of drug-likeness (QED) is 0.702. The molecule has 0 saturated heterocycles. The number of halogens is 3. The van der Waals surface area contributed by atoms with Crippen molar-refractivity contribution in [3.63, 3.8) is 0 Å². The van der Waals surface area contributed by atoms with Crippen molar-refractivity contribution < 1.29 is 9.13 Å². The first-order valence-electron chi connectivity index (χ1n) is 5.73. The Morgan fingerprint density at radius 2 is 1.89 bits per heavy atom. The molecule has 0 radical (unpaired) electrons. The molecule has 1 heterocycles. The van der Waals surface area contributed by atoms with Gasteiger partial charge in [0.2, 0.25) is 0 Å². The monoisotopic (exact) mass is 294 g/mol. The Bertz CT molecular complexity index is 680. The van der Waals surface area contributed by atoms with E-state index in [1.54, 1.807) is 18.2 Å². The SMILES string of the molecule is Fc1cc2c(c(-c3cc(Cl)ccc3Cl)c1)OCC=C2. The van der Waals surface area contributed by atoms with Crippen LogP contribution in [0.15, 0.2) is 36.4 Å². The second-order valence-electron chi connectivity index (χ2n) is 4.21. The molecule has 1 aliphatic heterocycles. The van der Waals surface area contributed by atoms with Gasteiger partial charge < -0.3 is 4.74 Å². The lowest BCUT2D eigenvalue weighted by Crippen LogP contribution is -2.03. The van der Waals surface area contributed by atoms with E-state index >= 15 is 0 Å². The molecule has 2 aromatic carbocycles. The van der Waals surface area contributed by atoms with Gasteiger partial charge in [0.25, 0.3) is 0 Å². The maximum Gasteiger partial charge on any atom is 0.135 e. The fraction of sp³-hybridized carbons (Fsp3) is 0.0667. The van der Waals surface area contributed by atoms with Crippen LogP contribution in [0.3, 0.4) is 0 Å². The summed E-state index contributed by atoms with van der Waals surface area (Å²) in [5, 5.41) is 1.05. The van der Waals surface area contributed by atoms with Crippen LogP contribution in [0.25, 0.3) is 17.2 Å². The van der Waals surface area contributed by atoms with Crippen molar-refractivity contribution >= 4 is 29.3 Å². The summed E-state index contributed by atoms with van der Waals surface area (Å²) in [5.74, 6) is 0.299. The zero-order valence-corrected chi connectivity index (χ0v) is 11.3. The smallest absolute Gasteiger partial charge is 0.135 e. The van der Waals surface area contributed by atoms with Crippen LogP contribution < -0.4 is 4.74 Å². The van der Waals surface area contributed by atoms with Crippen LogP contribution in [0.5, 0.6) is 5.75 Å². The van der Waals surface area contributed by atoms with E-state index in [0.29, 0.717) is 39.1 Å². The Labute approximate surface area is 120 Å². The molecular formula is C15H9Cl2FO. The summed E-state index contributed by atoms with van der Waals surface area (Å²) < 4.78 is 19.3. The van der Waals surface area contributed by atoms with Gasteiger partial charge in [0.05, 0.1) is 0 Å². The second kappa shape index (κ2) is 4.87. The first kappa shape index (κ1) is 12.5. The van der Waals surface area contributed by atoms with E-state index in [9.17, 15) is 4.39 Å². The summed E-state index contributed by atoms with van der Waals surface area (Å²) in [6.45, 7) is 0.462. The van der Waals surface area contributed by atoms with Gasteiger partial charge in [-0.25, -0.2) is 4.39 Å². The van der Waals surface area contributed by atoms with E-state index in [-0.39, 0.29) is 5.82 Å². The van der Waals surface area contributed by atoms with Crippen LogP contribution >= 0.6 is 23.2 Å². The molecular weight excluding hydrogens is 286 g/mol. The Morgan fingerprint density at radius 3 is 2.74 bits per heavy atom. The van der Waals surface area contributed by atoms with Gasteiger partial charge in [-0.2, -0.15) is 0 Å². The van der Waals surface area contributed by atoms with Crippen molar-refractivity contribution in [2.75, 3.05) is 6.61 Å². The van der Waals surface area contributed by atoms with E-state index in [1.807, 2.05) is 12.2 Å². The minimum absolute atomic E-state index is 0.333. The maximum atomic E-state index is 13.7. The third kappa shape index (κ3) is 2.34. The number of ether oxygens (including phenoxy) is 1. The van der Waals surface area contributed by atoms with Crippen molar-refractivity contribution in [1.29, 1.82) is 0 Å². The highest BCUT2D eigenvalue weighted by atomic mass is 35.5. The molecule has 1 nitrogen and oxygen atoms in total. The van der Waals surface area contributed by atoms with Crippen LogP contribution in [-0.4, -0.2) is 6.61 Å². The van der Waals surface area contributed by atoms with Crippen LogP contribution in [0.2, 0.25) is 10.0 Å². The predicted molar refractivity (Wildman–Crippen MR) is 76.4 cm³/mol. The molecule has 0 bridgehead atoms. The Morgan fingerprint density at radius 1 is 1.05 bits per heavy atom. The van der Waals surface area contributed by atoms with Crippen LogP contribution in [0.1, 0.15) is 5.56 Å². The summed E-state index contributed by atoms with van der Waals surface area (Å²) in [5.41, 5.74) is 1.99. The van der Waals surface area contributed by atoms with Crippen LogP contribution in [0, 0.1) is 5.82 Å². The van der Waals surface area contributed by atoms with Gasteiger partial charge in [0, 0.05) is 26.7 Å².